The Hall–Kier alpha value is -3.73. The first kappa shape index (κ1) is 20.2. The molecule has 1 fully saturated rings. The Bertz CT molecular complexity index is 1290. The summed E-state index contributed by atoms with van der Waals surface area (Å²) < 4.78 is 40.2. The van der Waals surface area contributed by atoms with Crippen LogP contribution in [0.4, 0.5) is 8.78 Å². The van der Waals surface area contributed by atoms with Gasteiger partial charge in [-0.05, 0) is 52.2 Å². The van der Waals surface area contributed by atoms with Crippen LogP contribution in [-0.4, -0.2) is 11.9 Å². The van der Waals surface area contributed by atoms with E-state index >= 15 is 0 Å². The maximum atomic E-state index is 14.5. The van der Waals surface area contributed by atoms with Crippen LogP contribution in [0.5, 0.6) is 11.5 Å². The van der Waals surface area contributed by atoms with Gasteiger partial charge in [0.25, 0.3) is 5.92 Å². The second-order valence-corrected chi connectivity index (χ2v) is 7.99. The van der Waals surface area contributed by atoms with Crippen LogP contribution in [0.3, 0.4) is 0 Å². The molecule has 0 aliphatic heterocycles. The van der Waals surface area contributed by atoms with Crippen molar-refractivity contribution >= 4 is 16.7 Å². The minimum atomic E-state index is -3.13. The molecule has 1 unspecified atom stereocenters. The van der Waals surface area contributed by atoms with Crippen LogP contribution in [-0.2, 0) is 21.6 Å². The highest BCUT2D eigenvalue weighted by molar-refractivity contribution is 5.92. The van der Waals surface area contributed by atoms with Gasteiger partial charge in [-0.2, -0.15) is 0 Å². The van der Waals surface area contributed by atoms with Crippen LogP contribution < -0.4 is 4.74 Å². The molecule has 1 aliphatic carbocycles. The molecular weight excluding hydrogens is 410 g/mol. The maximum absolute atomic E-state index is 14.5. The number of halogens is 2. The molecule has 0 N–H and O–H groups in total. The second kappa shape index (κ2) is 7.75. The van der Waals surface area contributed by atoms with E-state index in [0.717, 1.165) is 10.8 Å². The molecule has 0 saturated heterocycles. The summed E-state index contributed by atoms with van der Waals surface area (Å²) in [6, 6.07) is 28.8. The van der Waals surface area contributed by atoms with E-state index in [0.29, 0.717) is 17.1 Å². The Balaban J connectivity index is 1.34. The van der Waals surface area contributed by atoms with Crippen LogP contribution in [0.1, 0.15) is 17.5 Å². The van der Waals surface area contributed by atoms with Crippen LogP contribution in [0.15, 0.2) is 97.1 Å². The molecule has 0 bridgehead atoms. The van der Waals surface area contributed by atoms with Crippen molar-refractivity contribution < 1.29 is 23.0 Å². The van der Waals surface area contributed by atoms with Crippen molar-refractivity contribution in [1.82, 2.24) is 0 Å². The van der Waals surface area contributed by atoms with E-state index in [2.05, 4.69) is 0 Å². The second-order valence-electron chi connectivity index (χ2n) is 7.99. The number of rotatable bonds is 6. The average molecular weight is 430 g/mol. The van der Waals surface area contributed by atoms with Gasteiger partial charge in [0.1, 0.15) is 18.1 Å². The summed E-state index contributed by atoms with van der Waals surface area (Å²) in [6.45, 7) is -0.115. The number of benzene rings is 4. The van der Waals surface area contributed by atoms with E-state index in [4.69, 9.17) is 9.47 Å². The van der Waals surface area contributed by atoms with Gasteiger partial charge in [-0.1, -0.05) is 66.7 Å². The SMILES string of the molecule is O=C(OCc1cccc(Oc2ccccc2)c1)C1(c2ccc3ccccc3c2)CC1(F)F. The summed E-state index contributed by atoms with van der Waals surface area (Å²) in [5.74, 6) is -2.79. The van der Waals surface area contributed by atoms with Crippen LogP contribution in [0, 0.1) is 0 Å². The lowest BCUT2D eigenvalue weighted by atomic mass is 9.93. The van der Waals surface area contributed by atoms with E-state index in [1.807, 2.05) is 54.6 Å². The lowest BCUT2D eigenvalue weighted by Crippen LogP contribution is -2.29. The fourth-order valence-electron chi connectivity index (χ4n) is 3.99. The number of hydrogen-bond donors (Lipinski definition) is 0. The van der Waals surface area contributed by atoms with Crippen molar-refractivity contribution in [3.8, 4) is 11.5 Å². The third-order valence-corrected chi connectivity index (χ3v) is 5.82. The van der Waals surface area contributed by atoms with Gasteiger partial charge in [-0.15, -0.1) is 0 Å². The Morgan fingerprint density at radius 2 is 1.47 bits per heavy atom. The standard InChI is InChI=1S/C27H20F2O3/c28-27(29)18-26(27,22-14-13-20-8-4-5-9-21(20)16-22)25(30)31-17-19-7-6-12-24(15-19)32-23-10-2-1-3-11-23/h1-16H,17-18H2. The first-order valence-electron chi connectivity index (χ1n) is 10.3. The normalized spacial score (nSPS) is 18.8. The van der Waals surface area contributed by atoms with E-state index < -0.39 is 23.7 Å². The van der Waals surface area contributed by atoms with Gasteiger partial charge in [0.15, 0.2) is 5.41 Å². The minimum absolute atomic E-state index is 0.115. The maximum Gasteiger partial charge on any atom is 0.323 e. The molecule has 1 atom stereocenters. The van der Waals surface area contributed by atoms with Gasteiger partial charge < -0.3 is 9.47 Å². The highest BCUT2D eigenvalue weighted by Crippen LogP contribution is 2.62. The molecule has 32 heavy (non-hydrogen) atoms. The van der Waals surface area contributed by atoms with Crippen LogP contribution >= 0.6 is 0 Å². The zero-order chi connectivity index (χ0) is 22.2. The molecule has 3 nitrogen and oxygen atoms in total. The topological polar surface area (TPSA) is 35.5 Å². The third kappa shape index (κ3) is 3.60. The molecule has 1 aliphatic rings. The Morgan fingerprint density at radius 3 is 2.22 bits per heavy atom. The molecule has 0 spiro atoms. The van der Waals surface area contributed by atoms with Gasteiger partial charge in [0.05, 0.1) is 0 Å². The monoisotopic (exact) mass is 430 g/mol. The molecule has 0 heterocycles. The smallest absolute Gasteiger partial charge is 0.323 e. The molecule has 4 aromatic carbocycles. The van der Waals surface area contributed by atoms with Crippen molar-refractivity contribution in [2.45, 2.75) is 24.4 Å². The third-order valence-electron chi connectivity index (χ3n) is 5.82. The molecule has 4 aromatic rings. The van der Waals surface area contributed by atoms with Crippen molar-refractivity contribution in [3.63, 3.8) is 0 Å². The van der Waals surface area contributed by atoms with Gasteiger partial charge in [0, 0.05) is 6.42 Å². The number of hydrogen-bond acceptors (Lipinski definition) is 3. The van der Waals surface area contributed by atoms with Gasteiger partial charge in [0.2, 0.25) is 0 Å². The predicted molar refractivity (Wildman–Crippen MR) is 118 cm³/mol. The molecule has 5 rings (SSSR count). The first-order valence-corrected chi connectivity index (χ1v) is 10.3. The Kier molecular flexibility index (Phi) is 4.89. The molecule has 160 valence electrons. The number of carbonyl (C=O) groups is 1. The fourth-order valence-corrected chi connectivity index (χ4v) is 3.99. The van der Waals surface area contributed by atoms with Crippen molar-refractivity contribution in [2.75, 3.05) is 0 Å². The van der Waals surface area contributed by atoms with Gasteiger partial charge in [-0.25, -0.2) is 8.78 Å². The van der Waals surface area contributed by atoms with Gasteiger partial charge in [-0.3, -0.25) is 4.79 Å². The minimum Gasteiger partial charge on any atom is -0.460 e. The van der Waals surface area contributed by atoms with E-state index in [1.165, 1.54) is 0 Å². The molecule has 0 radical (unpaired) electrons. The summed E-state index contributed by atoms with van der Waals surface area (Å²) in [6.07, 6.45) is -0.547. The molecule has 5 heteroatoms. The number of para-hydroxylation sites is 1. The number of ether oxygens (including phenoxy) is 2. The summed E-state index contributed by atoms with van der Waals surface area (Å²) in [5, 5.41) is 1.74. The van der Waals surface area contributed by atoms with Gasteiger partial charge >= 0.3 is 5.97 Å². The van der Waals surface area contributed by atoms with Crippen molar-refractivity contribution in [2.24, 2.45) is 0 Å². The molecular formula is C27H20F2O3. The zero-order valence-electron chi connectivity index (χ0n) is 17.1. The summed E-state index contributed by atoms with van der Waals surface area (Å²) in [5.41, 5.74) is -0.994. The lowest BCUT2D eigenvalue weighted by molar-refractivity contribution is -0.151. The lowest BCUT2D eigenvalue weighted by Gasteiger charge is -2.17. The molecule has 0 amide bonds. The van der Waals surface area contributed by atoms with E-state index in [-0.39, 0.29) is 12.2 Å². The largest absolute Gasteiger partial charge is 0.460 e. The van der Waals surface area contributed by atoms with Crippen LogP contribution in [0.2, 0.25) is 0 Å². The van der Waals surface area contributed by atoms with E-state index in [9.17, 15) is 13.6 Å². The Labute approximate surface area is 184 Å². The van der Waals surface area contributed by atoms with Crippen molar-refractivity contribution in [3.05, 3.63) is 108 Å². The summed E-state index contributed by atoms with van der Waals surface area (Å²) >= 11 is 0. The summed E-state index contributed by atoms with van der Waals surface area (Å²) in [4.78, 5) is 12.9. The number of carbonyl (C=O) groups excluding carboxylic acids is 1. The number of fused-ring (bicyclic) bond motifs is 1. The average Bonchev–Trinajstić information content (AvgIpc) is 3.41. The Morgan fingerprint density at radius 1 is 0.781 bits per heavy atom. The molecule has 0 aromatic heterocycles. The molecule has 1 saturated carbocycles. The zero-order valence-corrected chi connectivity index (χ0v) is 17.1. The number of alkyl halides is 2. The predicted octanol–water partition coefficient (Wildman–Crippen LogP) is 6.65. The highest BCUT2D eigenvalue weighted by atomic mass is 19.3. The van der Waals surface area contributed by atoms with Crippen molar-refractivity contribution in [1.29, 1.82) is 0 Å². The van der Waals surface area contributed by atoms with E-state index in [1.54, 1.807) is 42.5 Å². The first-order chi connectivity index (χ1) is 15.5. The quantitative estimate of drug-likeness (QED) is 0.321. The number of esters is 1. The highest BCUT2D eigenvalue weighted by Gasteiger charge is 2.77. The summed E-state index contributed by atoms with van der Waals surface area (Å²) in [7, 11) is 0. The fraction of sp³-hybridized carbons (Fsp3) is 0.148. The van der Waals surface area contributed by atoms with Crippen LogP contribution in [0.25, 0.3) is 10.8 Å².